The Morgan fingerprint density at radius 3 is 2.66 bits per heavy atom. The number of aromatic nitrogens is 5. The summed E-state index contributed by atoms with van der Waals surface area (Å²) in [4.78, 5) is 26.1. The maximum atomic E-state index is 12.6. The van der Waals surface area contributed by atoms with E-state index in [0.717, 1.165) is 56.2 Å². The number of ether oxygens (including phenoxy) is 4. The number of aryl methyl sites for hydroxylation is 1. The summed E-state index contributed by atoms with van der Waals surface area (Å²) in [5.41, 5.74) is 6.40. The first-order valence-electron chi connectivity index (χ1n) is 14.4. The topological polar surface area (TPSA) is 167 Å². The minimum Gasteiger partial charge on any atom is -0.382 e. The lowest BCUT2D eigenvalue weighted by atomic mass is 10.1. The van der Waals surface area contributed by atoms with Crippen LogP contribution in [0.1, 0.15) is 25.0 Å². The quantitative estimate of drug-likeness (QED) is 0.215. The van der Waals surface area contributed by atoms with E-state index in [9.17, 15) is 4.79 Å². The Kier molecular flexibility index (Phi) is 12.8. The van der Waals surface area contributed by atoms with E-state index >= 15 is 0 Å². The first kappa shape index (κ1) is 30.8. The number of nitrogens with two attached hydrogens (primary N) is 1. The van der Waals surface area contributed by atoms with Crippen molar-refractivity contribution >= 4 is 23.5 Å². The van der Waals surface area contributed by atoms with Crippen molar-refractivity contribution in [3.05, 3.63) is 18.0 Å². The van der Waals surface area contributed by atoms with Crippen LogP contribution in [0.25, 0.3) is 0 Å². The Bertz CT molecular complexity index is 1040. The van der Waals surface area contributed by atoms with Gasteiger partial charge in [-0.1, -0.05) is 5.21 Å². The number of nitrogens with one attached hydrogen (secondary N) is 2. The van der Waals surface area contributed by atoms with E-state index in [2.05, 4.69) is 25.8 Å². The zero-order valence-electron chi connectivity index (χ0n) is 24.0. The molecular formula is C26H44N10O5. The fourth-order valence-corrected chi connectivity index (χ4v) is 4.59. The highest BCUT2D eigenvalue weighted by Gasteiger charge is 2.24. The van der Waals surface area contributed by atoms with Crippen LogP contribution in [0.4, 0.5) is 17.6 Å². The van der Waals surface area contributed by atoms with E-state index in [-0.39, 0.29) is 18.6 Å². The molecule has 2 aliphatic heterocycles. The standard InChI is InChI=1S/C26H44N10O5/c1-38-13-14-40-15-16-41-20-25(37)35-7-3-21(4-8-35)29-23-17-24(34-9-11-39-12-10-34)31-26(30-23)28-18-22-19-36(33-32-22)6-2-5-27/h17,19,21H,2-16,18,20,27H2,1H3,(H2,28,29,30,31). The number of hydrogen-bond donors (Lipinski definition) is 3. The van der Waals surface area contributed by atoms with Gasteiger partial charge in [-0.15, -0.1) is 5.10 Å². The summed E-state index contributed by atoms with van der Waals surface area (Å²) in [5, 5.41) is 15.3. The van der Waals surface area contributed by atoms with E-state index in [1.807, 2.05) is 17.2 Å². The predicted octanol–water partition coefficient (Wildman–Crippen LogP) is -0.0519. The number of likely N-dealkylation sites (tertiary alicyclic amines) is 1. The van der Waals surface area contributed by atoms with Gasteiger partial charge in [0.25, 0.3) is 0 Å². The van der Waals surface area contributed by atoms with E-state index < -0.39 is 0 Å². The third-order valence-corrected chi connectivity index (χ3v) is 6.88. The molecule has 4 rings (SSSR count). The first-order chi connectivity index (χ1) is 20.1. The maximum absolute atomic E-state index is 12.6. The molecule has 0 aromatic carbocycles. The Labute approximate surface area is 241 Å². The highest BCUT2D eigenvalue weighted by atomic mass is 16.5. The maximum Gasteiger partial charge on any atom is 0.248 e. The van der Waals surface area contributed by atoms with Gasteiger partial charge in [-0.2, -0.15) is 9.97 Å². The second kappa shape index (κ2) is 17.0. The van der Waals surface area contributed by atoms with Crippen LogP contribution in [0.2, 0.25) is 0 Å². The zero-order valence-corrected chi connectivity index (χ0v) is 24.0. The van der Waals surface area contributed by atoms with Crippen LogP contribution in [0.3, 0.4) is 0 Å². The lowest BCUT2D eigenvalue weighted by Gasteiger charge is -2.33. The molecule has 41 heavy (non-hydrogen) atoms. The number of piperidine rings is 1. The van der Waals surface area contributed by atoms with Crippen molar-refractivity contribution in [2.24, 2.45) is 5.73 Å². The van der Waals surface area contributed by atoms with Crippen molar-refractivity contribution in [1.82, 2.24) is 29.9 Å². The number of morpholine rings is 1. The van der Waals surface area contributed by atoms with Crippen molar-refractivity contribution in [1.29, 1.82) is 0 Å². The highest BCUT2D eigenvalue weighted by molar-refractivity contribution is 5.77. The van der Waals surface area contributed by atoms with E-state index in [1.165, 1.54) is 0 Å². The summed E-state index contributed by atoms with van der Waals surface area (Å²) >= 11 is 0. The number of anilines is 3. The number of nitrogens with zero attached hydrogens (tertiary/aromatic N) is 7. The summed E-state index contributed by atoms with van der Waals surface area (Å²) in [7, 11) is 1.63. The average molecular weight is 577 g/mol. The highest BCUT2D eigenvalue weighted by Crippen LogP contribution is 2.22. The Hall–Kier alpha value is -3.11. The van der Waals surface area contributed by atoms with Crippen LogP contribution >= 0.6 is 0 Å². The fraction of sp³-hybridized carbons (Fsp3) is 0.731. The molecule has 1 amide bonds. The Morgan fingerprint density at radius 1 is 1.10 bits per heavy atom. The SMILES string of the molecule is COCCOCCOCC(=O)N1CCC(Nc2cc(N3CCOCC3)nc(NCc3cn(CCCN)nn3)n2)CC1. The van der Waals surface area contributed by atoms with Gasteiger partial charge in [0.1, 0.15) is 23.9 Å². The van der Waals surface area contributed by atoms with Crippen molar-refractivity contribution in [2.45, 2.75) is 38.4 Å². The van der Waals surface area contributed by atoms with E-state index in [0.29, 0.717) is 71.8 Å². The Morgan fingerprint density at radius 2 is 1.88 bits per heavy atom. The van der Waals surface area contributed by atoms with Gasteiger partial charge in [0.2, 0.25) is 11.9 Å². The predicted molar refractivity (Wildman–Crippen MR) is 153 cm³/mol. The molecule has 0 bridgehead atoms. The molecule has 0 atom stereocenters. The van der Waals surface area contributed by atoms with Crippen LogP contribution < -0.4 is 21.3 Å². The molecule has 15 heteroatoms. The molecule has 0 saturated carbocycles. The Balaban J connectivity index is 1.28. The second-order valence-corrected chi connectivity index (χ2v) is 9.96. The molecule has 2 aromatic heterocycles. The molecule has 2 aromatic rings. The molecule has 2 fully saturated rings. The van der Waals surface area contributed by atoms with Crippen LogP contribution in [0, 0.1) is 0 Å². The van der Waals surface area contributed by atoms with Gasteiger partial charge in [0.15, 0.2) is 0 Å². The third-order valence-electron chi connectivity index (χ3n) is 6.88. The molecule has 2 saturated heterocycles. The summed E-state index contributed by atoms with van der Waals surface area (Å²) < 4.78 is 23.1. The fourth-order valence-electron chi connectivity index (χ4n) is 4.59. The largest absolute Gasteiger partial charge is 0.382 e. The molecule has 4 heterocycles. The average Bonchev–Trinajstić information content (AvgIpc) is 3.47. The molecule has 4 N–H and O–H groups in total. The number of amides is 1. The normalized spacial score (nSPS) is 16.2. The zero-order chi connectivity index (χ0) is 28.7. The van der Waals surface area contributed by atoms with Crippen molar-refractivity contribution in [3.63, 3.8) is 0 Å². The molecule has 0 aliphatic carbocycles. The van der Waals surface area contributed by atoms with Crippen LogP contribution in [0.15, 0.2) is 12.3 Å². The molecule has 0 radical (unpaired) electrons. The summed E-state index contributed by atoms with van der Waals surface area (Å²) in [5.74, 6) is 2.11. The van der Waals surface area contributed by atoms with Crippen LogP contribution in [-0.4, -0.2) is 128 Å². The van der Waals surface area contributed by atoms with Crippen molar-refractivity contribution < 1.29 is 23.7 Å². The minimum atomic E-state index is 0.00317. The third kappa shape index (κ3) is 10.3. The number of carbonyl (C=O) groups excluding carboxylic acids is 1. The smallest absolute Gasteiger partial charge is 0.248 e. The van der Waals surface area contributed by atoms with Gasteiger partial charge < -0.3 is 45.1 Å². The van der Waals surface area contributed by atoms with E-state index in [4.69, 9.17) is 34.6 Å². The van der Waals surface area contributed by atoms with Crippen molar-refractivity contribution in [2.75, 3.05) is 102 Å². The van der Waals surface area contributed by atoms with E-state index in [1.54, 1.807) is 11.8 Å². The lowest BCUT2D eigenvalue weighted by Crippen LogP contribution is -2.44. The van der Waals surface area contributed by atoms with Gasteiger partial charge >= 0.3 is 0 Å². The number of methoxy groups -OCH3 is 1. The molecule has 15 nitrogen and oxygen atoms in total. The molecule has 0 unspecified atom stereocenters. The van der Waals surface area contributed by atoms with Gasteiger partial charge in [-0.3, -0.25) is 9.48 Å². The summed E-state index contributed by atoms with van der Waals surface area (Å²) in [6.07, 6.45) is 4.39. The first-order valence-corrected chi connectivity index (χ1v) is 14.4. The van der Waals surface area contributed by atoms with Crippen molar-refractivity contribution in [3.8, 4) is 0 Å². The lowest BCUT2D eigenvalue weighted by molar-refractivity contribution is -0.137. The summed E-state index contributed by atoms with van der Waals surface area (Å²) in [6.45, 7) is 7.96. The van der Waals surface area contributed by atoms with Gasteiger partial charge in [0.05, 0.1) is 52.4 Å². The van der Waals surface area contributed by atoms with Crippen LogP contribution in [-0.2, 0) is 36.8 Å². The van der Waals surface area contributed by atoms with Gasteiger partial charge in [-0.25, -0.2) is 0 Å². The molecule has 2 aliphatic rings. The summed E-state index contributed by atoms with van der Waals surface area (Å²) in [6, 6.07) is 2.18. The molecule has 0 spiro atoms. The molecule has 228 valence electrons. The minimum absolute atomic E-state index is 0.00317. The second-order valence-electron chi connectivity index (χ2n) is 9.96. The number of rotatable bonds is 17. The van der Waals surface area contributed by atoms with Crippen LogP contribution in [0.5, 0.6) is 0 Å². The number of carbonyl (C=O) groups is 1. The number of hydrogen-bond acceptors (Lipinski definition) is 13. The van der Waals surface area contributed by atoms with Gasteiger partial charge in [-0.05, 0) is 25.8 Å². The molecular weight excluding hydrogens is 532 g/mol. The monoisotopic (exact) mass is 576 g/mol. The van der Waals surface area contributed by atoms with Gasteiger partial charge in [0, 0.05) is 51.9 Å².